The standard InChI is InChI=1S/C11H10ClNS.ClH/c12-9-5-3-8(4-6-9)11(13)10-2-1-7-14-10;/h1-7,11H,13H2;1H. The van der Waals surface area contributed by atoms with E-state index in [9.17, 15) is 0 Å². The van der Waals surface area contributed by atoms with Crippen molar-refractivity contribution in [3.63, 3.8) is 0 Å². The van der Waals surface area contributed by atoms with Gasteiger partial charge < -0.3 is 5.73 Å². The van der Waals surface area contributed by atoms with Gasteiger partial charge in [-0.3, -0.25) is 0 Å². The van der Waals surface area contributed by atoms with E-state index in [1.807, 2.05) is 41.8 Å². The van der Waals surface area contributed by atoms with Gasteiger partial charge in [0.25, 0.3) is 0 Å². The summed E-state index contributed by atoms with van der Waals surface area (Å²) in [6.45, 7) is 0. The third-order valence-electron chi connectivity index (χ3n) is 2.08. The van der Waals surface area contributed by atoms with Gasteiger partial charge in [0, 0.05) is 9.90 Å². The summed E-state index contributed by atoms with van der Waals surface area (Å²) in [5.41, 5.74) is 7.17. The largest absolute Gasteiger partial charge is 0.320 e. The fourth-order valence-electron chi connectivity index (χ4n) is 1.30. The minimum atomic E-state index is -0.0349. The second-order valence-corrected chi connectivity index (χ2v) is 4.46. The lowest BCUT2D eigenvalue weighted by atomic mass is 10.1. The molecule has 1 aromatic heterocycles. The van der Waals surface area contributed by atoms with Gasteiger partial charge in [0.2, 0.25) is 0 Å². The molecule has 0 radical (unpaired) electrons. The number of halogens is 2. The summed E-state index contributed by atoms with van der Waals surface area (Å²) in [6, 6.07) is 11.7. The van der Waals surface area contributed by atoms with Crippen LogP contribution in [0.5, 0.6) is 0 Å². The molecule has 2 rings (SSSR count). The Kier molecular flexibility index (Phi) is 4.61. The molecule has 0 aliphatic carbocycles. The minimum absolute atomic E-state index is 0. The highest BCUT2D eigenvalue weighted by Crippen LogP contribution is 2.24. The van der Waals surface area contributed by atoms with Gasteiger partial charge in [0.05, 0.1) is 6.04 Å². The zero-order valence-electron chi connectivity index (χ0n) is 7.89. The van der Waals surface area contributed by atoms with Gasteiger partial charge in [-0.15, -0.1) is 23.7 Å². The summed E-state index contributed by atoms with van der Waals surface area (Å²) in [4.78, 5) is 1.17. The Labute approximate surface area is 104 Å². The van der Waals surface area contributed by atoms with Crippen molar-refractivity contribution in [3.8, 4) is 0 Å². The Balaban J connectivity index is 0.00000112. The summed E-state index contributed by atoms with van der Waals surface area (Å²) in [6.07, 6.45) is 0. The van der Waals surface area contributed by atoms with E-state index in [1.165, 1.54) is 4.88 Å². The molecular formula is C11H11Cl2NS. The molecule has 0 saturated carbocycles. The van der Waals surface area contributed by atoms with Gasteiger partial charge in [-0.05, 0) is 29.1 Å². The number of hydrogen-bond donors (Lipinski definition) is 1. The average Bonchev–Trinajstić information content (AvgIpc) is 2.71. The molecule has 15 heavy (non-hydrogen) atoms. The predicted molar refractivity (Wildman–Crippen MR) is 69.0 cm³/mol. The number of rotatable bonds is 2. The van der Waals surface area contributed by atoms with Gasteiger partial charge in [-0.1, -0.05) is 29.8 Å². The lowest BCUT2D eigenvalue weighted by molar-refractivity contribution is 0.894. The Morgan fingerprint density at radius 2 is 1.80 bits per heavy atom. The Hall–Kier alpha value is -0.540. The summed E-state index contributed by atoms with van der Waals surface area (Å²) >= 11 is 7.48. The molecular weight excluding hydrogens is 249 g/mol. The molecule has 1 aromatic carbocycles. The second-order valence-electron chi connectivity index (χ2n) is 3.04. The third-order valence-corrected chi connectivity index (χ3v) is 3.29. The van der Waals surface area contributed by atoms with Crippen LogP contribution in [0.15, 0.2) is 41.8 Å². The molecule has 0 aliphatic rings. The maximum Gasteiger partial charge on any atom is 0.0646 e. The Morgan fingerprint density at radius 1 is 1.13 bits per heavy atom. The highest BCUT2D eigenvalue weighted by atomic mass is 35.5. The van der Waals surface area contributed by atoms with E-state index in [2.05, 4.69) is 0 Å². The molecule has 0 spiro atoms. The minimum Gasteiger partial charge on any atom is -0.320 e. The fraction of sp³-hybridized carbons (Fsp3) is 0.0909. The van der Waals surface area contributed by atoms with Crippen molar-refractivity contribution in [2.75, 3.05) is 0 Å². The maximum atomic E-state index is 6.08. The molecule has 0 bridgehead atoms. The van der Waals surface area contributed by atoms with E-state index in [1.54, 1.807) is 11.3 Å². The number of hydrogen-bond acceptors (Lipinski definition) is 2. The van der Waals surface area contributed by atoms with E-state index in [-0.39, 0.29) is 18.4 Å². The predicted octanol–water partition coefficient (Wildman–Crippen LogP) is 3.87. The van der Waals surface area contributed by atoms with Crippen LogP contribution >= 0.6 is 35.3 Å². The van der Waals surface area contributed by atoms with Crippen LogP contribution in [0.2, 0.25) is 5.02 Å². The van der Waals surface area contributed by atoms with Crippen LogP contribution < -0.4 is 5.73 Å². The molecule has 1 unspecified atom stereocenters. The summed E-state index contributed by atoms with van der Waals surface area (Å²) < 4.78 is 0. The van der Waals surface area contributed by atoms with E-state index in [0.29, 0.717) is 0 Å². The van der Waals surface area contributed by atoms with Crippen LogP contribution in [-0.4, -0.2) is 0 Å². The summed E-state index contributed by atoms with van der Waals surface area (Å²) in [5.74, 6) is 0. The van der Waals surface area contributed by atoms with Crippen molar-refractivity contribution in [1.82, 2.24) is 0 Å². The second kappa shape index (κ2) is 5.52. The molecule has 2 N–H and O–H groups in total. The molecule has 2 aromatic rings. The van der Waals surface area contributed by atoms with E-state index < -0.39 is 0 Å². The van der Waals surface area contributed by atoms with Crippen molar-refractivity contribution < 1.29 is 0 Å². The molecule has 1 heterocycles. The van der Waals surface area contributed by atoms with E-state index in [0.717, 1.165) is 10.6 Å². The first-order valence-electron chi connectivity index (χ1n) is 4.32. The first-order valence-corrected chi connectivity index (χ1v) is 5.57. The molecule has 0 amide bonds. The highest BCUT2D eigenvalue weighted by Gasteiger charge is 2.08. The Bertz CT molecular complexity index is 397. The number of nitrogens with two attached hydrogens (primary N) is 1. The number of thiophene rings is 1. The van der Waals surface area contributed by atoms with E-state index in [4.69, 9.17) is 17.3 Å². The van der Waals surface area contributed by atoms with Crippen molar-refractivity contribution in [1.29, 1.82) is 0 Å². The molecule has 1 atom stereocenters. The molecule has 0 aliphatic heterocycles. The quantitative estimate of drug-likeness (QED) is 0.871. The van der Waals surface area contributed by atoms with Gasteiger partial charge in [0.15, 0.2) is 0 Å². The van der Waals surface area contributed by atoms with Gasteiger partial charge in [-0.2, -0.15) is 0 Å². The molecule has 0 fully saturated rings. The molecule has 0 saturated heterocycles. The van der Waals surface area contributed by atoms with Gasteiger partial charge in [-0.25, -0.2) is 0 Å². The van der Waals surface area contributed by atoms with Crippen LogP contribution in [-0.2, 0) is 0 Å². The first-order chi connectivity index (χ1) is 6.77. The lowest BCUT2D eigenvalue weighted by Crippen LogP contribution is -2.09. The normalized spacial score (nSPS) is 11.9. The Morgan fingerprint density at radius 3 is 2.33 bits per heavy atom. The lowest BCUT2D eigenvalue weighted by Gasteiger charge is -2.09. The van der Waals surface area contributed by atoms with E-state index >= 15 is 0 Å². The maximum absolute atomic E-state index is 6.08. The van der Waals surface area contributed by atoms with Crippen molar-refractivity contribution in [3.05, 3.63) is 57.2 Å². The first kappa shape index (κ1) is 12.5. The SMILES string of the molecule is Cl.NC(c1ccc(Cl)cc1)c1cccs1. The van der Waals surface area contributed by atoms with Crippen LogP contribution in [0.25, 0.3) is 0 Å². The summed E-state index contributed by atoms with van der Waals surface area (Å²) in [5, 5.41) is 2.78. The van der Waals surface area contributed by atoms with Crippen LogP contribution in [0, 0.1) is 0 Å². The summed E-state index contributed by atoms with van der Waals surface area (Å²) in [7, 11) is 0. The zero-order chi connectivity index (χ0) is 9.97. The van der Waals surface area contributed by atoms with Crippen molar-refractivity contribution in [2.45, 2.75) is 6.04 Å². The van der Waals surface area contributed by atoms with Gasteiger partial charge in [0.1, 0.15) is 0 Å². The highest BCUT2D eigenvalue weighted by molar-refractivity contribution is 7.10. The molecule has 4 heteroatoms. The zero-order valence-corrected chi connectivity index (χ0v) is 10.3. The van der Waals surface area contributed by atoms with Crippen LogP contribution in [0.3, 0.4) is 0 Å². The third kappa shape index (κ3) is 2.95. The van der Waals surface area contributed by atoms with Crippen LogP contribution in [0.1, 0.15) is 16.5 Å². The molecule has 80 valence electrons. The topological polar surface area (TPSA) is 26.0 Å². The van der Waals surface area contributed by atoms with Crippen molar-refractivity contribution in [2.24, 2.45) is 5.73 Å². The number of benzene rings is 1. The monoisotopic (exact) mass is 259 g/mol. The van der Waals surface area contributed by atoms with Crippen molar-refractivity contribution >= 4 is 35.3 Å². The fourth-order valence-corrected chi connectivity index (χ4v) is 2.18. The smallest absolute Gasteiger partial charge is 0.0646 e. The molecule has 1 nitrogen and oxygen atoms in total. The average molecular weight is 260 g/mol. The van der Waals surface area contributed by atoms with Crippen LogP contribution in [0.4, 0.5) is 0 Å². The van der Waals surface area contributed by atoms with Gasteiger partial charge >= 0.3 is 0 Å².